The molecule has 1 rings (SSSR count). The Bertz CT molecular complexity index is 121. The molecule has 0 heteroatoms. The van der Waals surface area contributed by atoms with E-state index in [1.165, 1.54) is 25.7 Å². The smallest absolute Gasteiger partial charge is 0.00886 e. The van der Waals surface area contributed by atoms with E-state index in [0.717, 1.165) is 12.3 Å². The van der Waals surface area contributed by atoms with Crippen molar-refractivity contribution in [2.45, 2.75) is 39.0 Å². The van der Waals surface area contributed by atoms with Gasteiger partial charge in [0.1, 0.15) is 0 Å². The highest BCUT2D eigenvalue weighted by atomic mass is 14.2. The highest BCUT2D eigenvalue weighted by Crippen LogP contribution is 2.33. The molecule has 1 saturated carbocycles. The van der Waals surface area contributed by atoms with Gasteiger partial charge in [-0.2, -0.15) is 0 Å². The van der Waals surface area contributed by atoms with Gasteiger partial charge in [-0.25, -0.2) is 0 Å². The largest absolute Gasteiger partial charge is 0.107 e. The van der Waals surface area contributed by atoms with E-state index in [4.69, 9.17) is 0 Å². The van der Waals surface area contributed by atoms with Gasteiger partial charge < -0.3 is 0 Å². The molecule has 0 spiro atoms. The fourth-order valence-electron chi connectivity index (χ4n) is 1.01. The van der Waals surface area contributed by atoms with Crippen molar-refractivity contribution in [1.82, 2.24) is 0 Å². The molecule has 50 valence electrons. The molecule has 0 radical (unpaired) electrons. The van der Waals surface area contributed by atoms with E-state index in [1.54, 1.807) is 0 Å². The Labute approximate surface area is 57.7 Å². The van der Waals surface area contributed by atoms with Gasteiger partial charge in [-0.3, -0.25) is 0 Å². The SMILES string of the molecule is CC#CCCCC1CC1. The van der Waals surface area contributed by atoms with Crippen molar-refractivity contribution >= 4 is 0 Å². The summed E-state index contributed by atoms with van der Waals surface area (Å²) in [5, 5.41) is 0. The van der Waals surface area contributed by atoms with E-state index in [1.807, 2.05) is 6.92 Å². The average molecular weight is 122 g/mol. The molecule has 0 bridgehead atoms. The summed E-state index contributed by atoms with van der Waals surface area (Å²) >= 11 is 0. The van der Waals surface area contributed by atoms with Gasteiger partial charge in [-0.1, -0.05) is 12.8 Å². The first-order chi connectivity index (χ1) is 4.43. The Balaban J connectivity index is 1.84. The van der Waals surface area contributed by atoms with Crippen LogP contribution in [-0.4, -0.2) is 0 Å². The molecular weight excluding hydrogens is 108 g/mol. The predicted molar refractivity (Wildman–Crippen MR) is 40.0 cm³/mol. The van der Waals surface area contributed by atoms with Gasteiger partial charge in [0, 0.05) is 6.42 Å². The number of unbranched alkanes of at least 4 members (excludes halogenated alkanes) is 1. The quantitative estimate of drug-likeness (QED) is 0.398. The second-order valence-electron chi connectivity index (χ2n) is 2.76. The summed E-state index contributed by atoms with van der Waals surface area (Å²) in [5.41, 5.74) is 0. The predicted octanol–water partition coefficient (Wildman–Crippen LogP) is 2.59. The third-order valence-corrected chi connectivity index (χ3v) is 1.79. The van der Waals surface area contributed by atoms with Crippen molar-refractivity contribution in [3.05, 3.63) is 0 Å². The molecule has 1 fully saturated rings. The molecule has 0 atom stereocenters. The summed E-state index contributed by atoms with van der Waals surface area (Å²) in [6, 6.07) is 0. The Hall–Kier alpha value is -0.440. The van der Waals surface area contributed by atoms with Crippen LogP contribution in [0.4, 0.5) is 0 Å². The van der Waals surface area contributed by atoms with Gasteiger partial charge in [0.05, 0.1) is 0 Å². The molecule has 0 nitrogen and oxygen atoms in total. The lowest BCUT2D eigenvalue weighted by Crippen LogP contribution is -1.74. The van der Waals surface area contributed by atoms with E-state index in [0.29, 0.717) is 0 Å². The summed E-state index contributed by atoms with van der Waals surface area (Å²) in [6.07, 6.45) is 6.84. The van der Waals surface area contributed by atoms with Gasteiger partial charge in [-0.05, 0) is 25.7 Å². The fraction of sp³-hybridized carbons (Fsp3) is 0.778. The van der Waals surface area contributed by atoms with Crippen LogP contribution >= 0.6 is 0 Å². The Morgan fingerprint density at radius 1 is 1.44 bits per heavy atom. The summed E-state index contributed by atoms with van der Waals surface area (Å²) < 4.78 is 0. The van der Waals surface area contributed by atoms with Crippen LogP contribution in [0.15, 0.2) is 0 Å². The molecule has 1 aliphatic carbocycles. The van der Waals surface area contributed by atoms with E-state index >= 15 is 0 Å². The van der Waals surface area contributed by atoms with Crippen LogP contribution in [-0.2, 0) is 0 Å². The van der Waals surface area contributed by atoms with Crippen LogP contribution in [0.3, 0.4) is 0 Å². The first-order valence-corrected chi connectivity index (χ1v) is 3.83. The van der Waals surface area contributed by atoms with Crippen molar-refractivity contribution in [2.24, 2.45) is 5.92 Å². The first-order valence-electron chi connectivity index (χ1n) is 3.83. The molecule has 0 aliphatic heterocycles. The van der Waals surface area contributed by atoms with Crippen molar-refractivity contribution in [3.8, 4) is 11.8 Å². The Morgan fingerprint density at radius 3 is 2.78 bits per heavy atom. The topological polar surface area (TPSA) is 0 Å². The molecule has 0 aromatic carbocycles. The zero-order chi connectivity index (χ0) is 6.53. The van der Waals surface area contributed by atoms with Crippen LogP contribution in [0.25, 0.3) is 0 Å². The standard InChI is InChI=1S/C9H14/c1-2-3-4-5-6-9-7-8-9/h9H,4-8H2,1H3. The van der Waals surface area contributed by atoms with Crippen molar-refractivity contribution in [1.29, 1.82) is 0 Å². The highest BCUT2D eigenvalue weighted by molar-refractivity contribution is 4.94. The van der Waals surface area contributed by atoms with E-state index in [9.17, 15) is 0 Å². The molecule has 9 heavy (non-hydrogen) atoms. The van der Waals surface area contributed by atoms with Crippen LogP contribution in [0.1, 0.15) is 39.0 Å². The average Bonchev–Trinajstić information content (AvgIpc) is 2.63. The molecular formula is C9H14. The van der Waals surface area contributed by atoms with Crippen LogP contribution in [0, 0.1) is 17.8 Å². The van der Waals surface area contributed by atoms with E-state index in [2.05, 4.69) is 11.8 Å². The third kappa shape index (κ3) is 3.19. The minimum Gasteiger partial charge on any atom is -0.107 e. The fourth-order valence-corrected chi connectivity index (χ4v) is 1.01. The molecule has 0 unspecified atom stereocenters. The van der Waals surface area contributed by atoms with Gasteiger partial charge in [0.15, 0.2) is 0 Å². The zero-order valence-corrected chi connectivity index (χ0v) is 6.11. The molecule has 0 saturated heterocycles. The maximum atomic E-state index is 3.08. The maximum absolute atomic E-state index is 3.08. The van der Waals surface area contributed by atoms with E-state index < -0.39 is 0 Å². The number of hydrogen-bond donors (Lipinski definition) is 0. The van der Waals surface area contributed by atoms with Crippen LogP contribution in [0.2, 0.25) is 0 Å². The van der Waals surface area contributed by atoms with Crippen LogP contribution < -0.4 is 0 Å². The summed E-state index contributed by atoms with van der Waals surface area (Å²) in [7, 11) is 0. The van der Waals surface area contributed by atoms with Crippen molar-refractivity contribution in [3.63, 3.8) is 0 Å². The summed E-state index contributed by atoms with van der Waals surface area (Å²) in [6.45, 7) is 1.91. The Kier molecular flexibility index (Phi) is 2.64. The molecule has 0 aromatic rings. The second kappa shape index (κ2) is 3.56. The lowest BCUT2D eigenvalue weighted by Gasteiger charge is -1.89. The Morgan fingerprint density at radius 2 is 2.22 bits per heavy atom. The monoisotopic (exact) mass is 122 g/mol. The summed E-state index contributed by atoms with van der Waals surface area (Å²) in [4.78, 5) is 0. The minimum absolute atomic E-state index is 1.09. The maximum Gasteiger partial charge on any atom is 0.00886 e. The van der Waals surface area contributed by atoms with Gasteiger partial charge in [0.25, 0.3) is 0 Å². The number of hydrogen-bond acceptors (Lipinski definition) is 0. The van der Waals surface area contributed by atoms with Gasteiger partial charge in [0.2, 0.25) is 0 Å². The summed E-state index contributed by atoms with van der Waals surface area (Å²) in [5.74, 6) is 7.08. The van der Waals surface area contributed by atoms with E-state index in [-0.39, 0.29) is 0 Å². The van der Waals surface area contributed by atoms with Gasteiger partial charge in [-0.15, -0.1) is 11.8 Å². The molecule has 0 aromatic heterocycles. The van der Waals surface area contributed by atoms with Crippen molar-refractivity contribution < 1.29 is 0 Å². The molecule has 1 aliphatic rings. The zero-order valence-electron chi connectivity index (χ0n) is 6.11. The molecule has 0 N–H and O–H groups in total. The third-order valence-electron chi connectivity index (χ3n) is 1.79. The molecule has 0 amide bonds. The highest BCUT2D eigenvalue weighted by Gasteiger charge is 2.19. The lowest BCUT2D eigenvalue weighted by atomic mass is 10.2. The van der Waals surface area contributed by atoms with Crippen molar-refractivity contribution in [2.75, 3.05) is 0 Å². The first kappa shape index (κ1) is 6.68. The lowest BCUT2D eigenvalue weighted by molar-refractivity contribution is 0.681. The second-order valence-corrected chi connectivity index (χ2v) is 2.76. The normalized spacial score (nSPS) is 16.6. The van der Waals surface area contributed by atoms with Crippen LogP contribution in [0.5, 0.6) is 0 Å². The minimum atomic E-state index is 1.09. The van der Waals surface area contributed by atoms with Gasteiger partial charge >= 0.3 is 0 Å². The number of rotatable bonds is 3. The molecule has 0 heterocycles.